The second kappa shape index (κ2) is 5.48. The third-order valence-corrected chi connectivity index (χ3v) is 4.37. The molecule has 1 amide bonds. The minimum atomic E-state index is -0.227. The molecule has 1 N–H and O–H groups in total. The normalized spacial score (nSPS) is 17.9. The SMILES string of the molecule is CC(=O)c1cn2c(c1O)C(=O)N(CC1=CC=C(C)CC1)CC2. The molecule has 2 aliphatic rings. The molecule has 0 atom stereocenters. The van der Waals surface area contributed by atoms with Crippen molar-refractivity contribution in [1.29, 1.82) is 0 Å². The van der Waals surface area contributed by atoms with Gasteiger partial charge in [0.25, 0.3) is 5.91 Å². The first-order valence-electron chi connectivity index (χ1n) is 7.55. The van der Waals surface area contributed by atoms with E-state index in [1.165, 1.54) is 18.1 Å². The first-order chi connectivity index (χ1) is 10.5. The highest BCUT2D eigenvalue weighted by Crippen LogP contribution is 2.30. The quantitative estimate of drug-likeness (QED) is 0.872. The molecular weight excluding hydrogens is 280 g/mol. The van der Waals surface area contributed by atoms with E-state index in [2.05, 4.69) is 19.1 Å². The molecule has 1 aromatic rings. The summed E-state index contributed by atoms with van der Waals surface area (Å²) in [4.78, 5) is 25.9. The number of hydrogen-bond donors (Lipinski definition) is 1. The molecule has 0 saturated heterocycles. The lowest BCUT2D eigenvalue weighted by Crippen LogP contribution is -2.41. The molecule has 0 fully saturated rings. The molecule has 5 nitrogen and oxygen atoms in total. The first kappa shape index (κ1) is 14.6. The fourth-order valence-electron chi connectivity index (χ4n) is 3.00. The molecule has 5 heteroatoms. The summed E-state index contributed by atoms with van der Waals surface area (Å²) in [7, 11) is 0. The van der Waals surface area contributed by atoms with E-state index >= 15 is 0 Å². The van der Waals surface area contributed by atoms with Gasteiger partial charge >= 0.3 is 0 Å². The Balaban J connectivity index is 1.84. The number of fused-ring (bicyclic) bond motifs is 1. The fourth-order valence-corrected chi connectivity index (χ4v) is 3.00. The number of amides is 1. The highest BCUT2D eigenvalue weighted by atomic mass is 16.3. The van der Waals surface area contributed by atoms with Gasteiger partial charge in [-0.05, 0) is 26.7 Å². The van der Waals surface area contributed by atoms with Gasteiger partial charge in [-0.25, -0.2) is 0 Å². The number of rotatable bonds is 3. The Labute approximate surface area is 129 Å². The Morgan fingerprint density at radius 2 is 2.05 bits per heavy atom. The molecule has 2 heterocycles. The number of carbonyl (C=O) groups is 2. The van der Waals surface area contributed by atoms with Gasteiger partial charge in [0.15, 0.2) is 11.5 Å². The minimum Gasteiger partial charge on any atom is -0.505 e. The van der Waals surface area contributed by atoms with Crippen LogP contribution in [-0.4, -0.2) is 39.4 Å². The molecule has 0 aromatic carbocycles. The predicted octanol–water partition coefficient (Wildman–Crippen LogP) is 2.52. The number of aromatic hydroxyl groups is 1. The van der Waals surface area contributed by atoms with Crippen molar-refractivity contribution in [2.24, 2.45) is 0 Å². The molecule has 1 aliphatic carbocycles. The smallest absolute Gasteiger partial charge is 0.274 e. The van der Waals surface area contributed by atoms with E-state index in [0.29, 0.717) is 19.6 Å². The van der Waals surface area contributed by atoms with Crippen LogP contribution in [0.3, 0.4) is 0 Å². The van der Waals surface area contributed by atoms with Gasteiger partial charge in [-0.3, -0.25) is 9.59 Å². The molecule has 1 aliphatic heterocycles. The average molecular weight is 300 g/mol. The van der Waals surface area contributed by atoms with Gasteiger partial charge < -0.3 is 14.6 Å². The van der Waals surface area contributed by atoms with E-state index in [4.69, 9.17) is 0 Å². The van der Waals surface area contributed by atoms with E-state index in [-0.39, 0.29) is 28.7 Å². The van der Waals surface area contributed by atoms with Crippen molar-refractivity contribution in [1.82, 2.24) is 9.47 Å². The predicted molar refractivity (Wildman–Crippen MR) is 83.1 cm³/mol. The molecule has 0 spiro atoms. The number of Topliss-reactive ketones (excluding diaryl/α,β-unsaturated/α-hetero) is 1. The fraction of sp³-hybridized carbons (Fsp3) is 0.412. The van der Waals surface area contributed by atoms with Gasteiger partial charge in [-0.1, -0.05) is 23.3 Å². The largest absolute Gasteiger partial charge is 0.505 e. The molecule has 116 valence electrons. The van der Waals surface area contributed by atoms with Gasteiger partial charge in [0.2, 0.25) is 0 Å². The van der Waals surface area contributed by atoms with Crippen LogP contribution < -0.4 is 0 Å². The van der Waals surface area contributed by atoms with Crippen LogP contribution >= 0.6 is 0 Å². The molecule has 0 bridgehead atoms. The second-order valence-corrected chi connectivity index (χ2v) is 6.05. The van der Waals surface area contributed by atoms with Gasteiger partial charge in [0.05, 0.1) is 5.56 Å². The Morgan fingerprint density at radius 3 is 2.68 bits per heavy atom. The van der Waals surface area contributed by atoms with Crippen molar-refractivity contribution in [2.45, 2.75) is 33.2 Å². The van der Waals surface area contributed by atoms with Gasteiger partial charge in [-0.2, -0.15) is 0 Å². The third-order valence-electron chi connectivity index (χ3n) is 4.37. The summed E-state index contributed by atoms with van der Waals surface area (Å²) in [5, 5.41) is 10.2. The van der Waals surface area contributed by atoms with Crippen molar-refractivity contribution in [3.8, 4) is 5.75 Å². The lowest BCUT2D eigenvalue weighted by Gasteiger charge is -2.29. The van der Waals surface area contributed by atoms with Crippen molar-refractivity contribution in [3.05, 3.63) is 40.8 Å². The highest BCUT2D eigenvalue weighted by Gasteiger charge is 2.31. The van der Waals surface area contributed by atoms with Crippen LogP contribution in [0.25, 0.3) is 0 Å². The van der Waals surface area contributed by atoms with Crippen molar-refractivity contribution in [2.75, 3.05) is 13.1 Å². The lowest BCUT2D eigenvalue weighted by atomic mass is 9.99. The van der Waals surface area contributed by atoms with Crippen LogP contribution in [0.4, 0.5) is 0 Å². The molecule has 1 aromatic heterocycles. The lowest BCUT2D eigenvalue weighted by molar-refractivity contribution is 0.0715. The maximum atomic E-state index is 12.6. The third kappa shape index (κ3) is 2.47. The maximum Gasteiger partial charge on any atom is 0.274 e. The van der Waals surface area contributed by atoms with Crippen LogP contribution in [0.2, 0.25) is 0 Å². The number of carbonyl (C=O) groups excluding carboxylic acids is 2. The molecular formula is C17H20N2O3. The highest BCUT2D eigenvalue weighted by molar-refractivity contribution is 6.04. The summed E-state index contributed by atoms with van der Waals surface area (Å²) in [6.45, 7) is 5.28. The van der Waals surface area contributed by atoms with E-state index in [9.17, 15) is 14.7 Å². The van der Waals surface area contributed by atoms with Crippen LogP contribution in [0.1, 0.15) is 47.5 Å². The number of aromatic nitrogens is 1. The standard InChI is InChI=1S/C17H20N2O3/c1-11-3-5-13(6-4-11)9-19-8-7-18-10-14(12(2)20)16(21)15(18)17(19)22/h3,5,10,21H,4,6-9H2,1-2H3. The molecule has 3 rings (SSSR count). The Bertz CT molecular complexity index is 710. The van der Waals surface area contributed by atoms with Crippen molar-refractivity contribution >= 4 is 11.7 Å². The Morgan fingerprint density at radius 1 is 1.27 bits per heavy atom. The van der Waals surface area contributed by atoms with Crippen molar-refractivity contribution in [3.63, 3.8) is 0 Å². The maximum absolute atomic E-state index is 12.6. The number of ketones is 1. The van der Waals surface area contributed by atoms with Crippen LogP contribution in [-0.2, 0) is 6.54 Å². The van der Waals surface area contributed by atoms with E-state index in [1.807, 2.05) is 0 Å². The molecule has 0 radical (unpaired) electrons. The molecule has 0 unspecified atom stereocenters. The zero-order chi connectivity index (χ0) is 15.9. The Hall–Kier alpha value is -2.30. The van der Waals surface area contributed by atoms with Gasteiger partial charge in [0, 0.05) is 25.8 Å². The summed E-state index contributed by atoms with van der Waals surface area (Å²) in [6, 6.07) is 0. The van der Waals surface area contributed by atoms with E-state index in [0.717, 1.165) is 12.8 Å². The molecule has 22 heavy (non-hydrogen) atoms. The monoisotopic (exact) mass is 300 g/mol. The average Bonchev–Trinajstić information content (AvgIpc) is 2.82. The minimum absolute atomic E-state index is 0.185. The number of allylic oxidation sites excluding steroid dienone is 3. The summed E-state index contributed by atoms with van der Waals surface area (Å²) >= 11 is 0. The van der Waals surface area contributed by atoms with Gasteiger partial charge in [-0.15, -0.1) is 0 Å². The zero-order valence-corrected chi connectivity index (χ0v) is 12.9. The van der Waals surface area contributed by atoms with E-state index in [1.54, 1.807) is 15.7 Å². The van der Waals surface area contributed by atoms with Gasteiger partial charge in [0.1, 0.15) is 5.69 Å². The zero-order valence-electron chi connectivity index (χ0n) is 12.9. The first-order valence-corrected chi connectivity index (χ1v) is 7.55. The molecule has 0 saturated carbocycles. The summed E-state index contributed by atoms with van der Waals surface area (Å²) in [5.41, 5.74) is 3.04. The number of hydrogen-bond acceptors (Lipinski definition) is 3. The Kier molecular flexibility index (Phi) is 3.64. The summed E-state index contributed by atoms with van der Waals surface area (Å²) in [5.74, 6) is -0.617. The summed E-state index contributed by atoms with van der Waals surface area (Å²) < 4.78 is 1.68. The van der Waals surface area contributed by atoms with Crippen molar-refractivity contribution < 1.29 is 14.7 Å². The topological polar surface area (TPSA) is 62.5 Å². The van der Waals surface area contributed by atoms with Crippen LogP contribution in [0.15, 0.2) is 29.5 Å². The number of nitrogens with zero attached hydrogens (tertiary/aromatic N) is 2. The van der Waals surface area contributed by atoms with Crippen LogP contribution in [0, 0.1) is 0 Å². The van der Waals surface area contributed by atoms with E-state index < -0.39 is 0 Å². The second-order valence-electron chi connectivity index (χ2n) is 6.05. The van der Waals surface area contributed by atoms with Crippen LogP contribution in [0.5, 0.6) is 5.75 Å². The summed E-state index contributed by atoms with van der Waals surface area (Å²) in [6.07, 6.45) is 7.76.